The fraction of sp³-hybridized carbons (Fsp3) is 0.438. The molecular weight excluding hydrogens is 413 g/mol. The minimum atomic E-state index is -4.68. The van der Waals surface area contributed by atoms with Crippen molar-refractivity contribution in [1.29, 1.82) is 5.26 Å². The van der Waals surface area contributed by atoms with Crippen LogP contribution in [0.2, 0.25) is 0 Å². The minimum Gasteiger partial charge on any atom is -0.369 e. The lowest BCUT2D eigenvalue weighted by Gasteiger charge is -2.46. The number of halogens is 4. The number of nitrogens with two attached hydrogens (primary N) is 2. The van der Waals surface area contributed by atoms with E-state index in [-0.39, 0.29) is 17.6 Å². The van der Waals surface area contributed by atoms with E-state index < -0.39 is 23.0 Å². The standard InChI is InChI=1S/C16H16BrF3N6/c17-11-6-9(8-21)10(16(18,19)20)7-12(11)26-14(23)24-13(22)25-15(26)4-2-1-3-5-15/h6-7H,1-5H2,(H4,22,23,24,25). The maximum atomic E-state index is 13.4. The summed E-state index contributed by atoms with van der Waals surface area (Å²) >= 11 is 3.27. The van der Waals surface area contributed by atoms with Crippen LogP contribution in [0.3, 0.4) is 0 Å². The van der Waals surface area contributed by atoms with Gasteiger partial charge in [-0.15, -0.1) is 0 Å². The van der Waals surface area contributed by atoms with Crippen LogP contribution in [0.4, 0.5) is 18.9 Å². The minimum absolute atomic E-state index is 0.0152. The Bertz CT molecular complexity index is 834. The molecule has 1 spiro atoms. The number of alkyl halides is 3. The quantitative estimate of drug-likeness (QED) is 0.714. The largest absolute Gasteiger partial charge is 0.417 e. The van der Waals surface area contributed by atoms with Crippen molar-refractivity contribution in [3.05, 3.63) is 27.7 Å². The number of benzene rings is 1. The first-order chi connectivity index (χ1) is 12.2. The zero-order valence-corrected chi connectivity index (χ0v) is 15.2. The van der Waals surface area contributed by atoms with Crippen LogP contribution in [-0.4, -0.2) is 17.6 Å². The molecule has 26 heavy (non-hydrogen) atoms. The summed E-state index contributed by atoms with van der Waals surface area (Å²) in [6.07, 6.45) is -0.786. The van der Waals surface area contributed by atoms with Gasteiger partial charge in [0.15, 0.2) is 0 Å². The summed E-state index contributed by atoms with van der Waals surface area (Å²) < 4.78 is 40.5. The van der Waals surface area contributed by atoms with Gasteiger partial charge in [-0.05, 0) is 53.7 Å². The highest BCUT2D eigenvalue weighted by Crippen LogP contribution is 2.44. The van der Waals surface area contributed by atoms with Gasteiger partial charge in [0.1, 0.15) is 5.66 Å². The molecular formula is C16H16BrF3N6. The molecule has 2 aliphatic rings. The Morgan fingerprint density at radius 2 is 1.85 bits per heavy atom. The zero-order chi connectivity index (χ0) is 19.1. The smallest absolute Gasteiger partial charge is 0.369 e. The number of nitrogens with zero attached hydrogens (tertiary/aromatic N) is 4. The molecule has 1 aromatic carbocycles. The van der Waals surface area contributed by atoms with Gasteiger partial charge >= 0.3 is 6.18 Å². The van der Waals surface area contributed by atoms with Crippen molar-refractivity contribution < 1.29 is 13.2 Å². The fourth-order valence-corrected chi connectivity index (χ4v) is 4.05. The topological polar surface area (TPSA) is 104 Å². The highest BCUT2D eigenvalue weighted by Gasteiger charge is 2.44. The SMILES string of the molecule is N#Cc1cc(Br)c(N2C(N)=NC(N)=NC23CCCCC3)cc1C(F)(F)F. The van der Waals surface area contributed by atoms with Crippen LogP contribution in [0.15, 0.2) is 26.6 Å². The molecule has 3 rings (SSSR count). The van der Waals surface area contributed by atoms with E-state index in [4.69, 9.17) is 16.7 Å². The molecule has 1 aromatic rings. The van der Waals surface area contributed by atoms with Gasteiger partial charge in [-0.1, -0.05) is 6.42 Å². The van der Waals surface area contributed by atoms with Crippen LogP contribution >= 0.6 is 15.9 Å². The molecule has 1 heterocycles. The van der Waals surface area contributed by atoms with E-state index in [9.17, 15) is 13.2 Å². The summed E-state index contributed by atoms with van der Waals surface area (Å²) in [7, 11) is 0. The van der Waals surface area contributed by atoms with Crippen LogP contribution in [0.5, 0.6) is 0 Å². The molecule has 0 aromatic heterocycles. The second-order valence-electron chi connectivity index (χ2n) is 6.28. The van der Waals surface area contributed by atoms with E-state index in [0.717, 1.165) is 31.4 Å². The molecule has 6 nitrogen and oxygen atoms in total. The second kappa shape index (κ2) is 6.46. The third kappa shape index (κ3) is 3.11. The Balaban J connectivity index is 2.21. The maximum Gasteiger partial charge on any atom is 0.417 e. The van der Waals surface area contributed by atoms with Crippen LogP contribution in [0.25, 0.3) is 0 Å². The molecule has 0 bridgehead atoms. The van der Waals surface area contributed by atoms with Crippen LogP contribution in [0, 0.1) is 11.3 Å². The lowest BCUT2D eigenvalue weighted by Crippen LogP contribution is -2.58. The van der Waals surface area contributed by atoms with Gasteiger partial charge in [0.05, 0.1) is 22.9 Å². The second-order valence-corrected chi connectivity index (χ2v) is 7.13. The summed E-state index contributed by atoms with van der Waals surface area (Å²) in [5.41, 5.74) is 9.62. The number of anilines is 1. The average Bonchev–Trinajstić information content (AvgIpc) is 2.54. The molecule has 1 fully saturated rings. The molecule has 1 aliphatic heterocycles. The van der Waals surface area contributed by atoms with E-state index in [0.29, 0.717) is 17.3 Å². The summed E-state index contributed by atoms with van der Waals surface area (Å²) in [6, 6.07) is 3.64. The maximum absolute atomic E-state index is 13.4. The van der Waals surface area contributed by atoms with Crippen molar-refractivity contribution in [2.24, 2.45) is 21.5 Å². The van der Waals surface area contributed by atoms with Gasteiger partial charge in [-0.3, -0.25) is 4.90 Å². The Hall–Kier alpha value is -2.28. The number of nitriles is 1. The van der Waals surface area contributed by atoms with Gasteiger partial charge in [0, 0.05) is 4.47 Å². The van der Waals surface area contributed by atoms with Crippen molar-refractivity contribution in [2.45, 2.75) is 43.9 Å². The fourth-order valence-electron chi connectivity index (χ4n) is 3.53. The summed E-state index contributed by atoms with van der Waals surface area (Å²) in [5, 5.41) is 9.07. The third-order valence-corrected chi connectivity index (χ3v) is 5.24. The molecule has 10 heteroatoms. The van der Waals surface area contributed by atoms with E-state index >= 15 is 0 Å². The average molecular weight is 429 g/mol. The van der Waals surface area contributed by atoms with Gasteiger partial charge in [0.2, 0.25) is 11.9 Å². The van der Waals surface area contributed by atoms with Crippen LogP contribution in [0.1, 0.15) is 43.2 Å². The van der Waals surface area contributed by atoms with Crippen molar-refractivity contribution in [3.63, 3.8) is 0 Å². The Labute approximate surface area is 156 Å². The predicted octanol–water partition coefficient (Wildman–Crippen LogP) is 3.45. The van der Waals surface area contributed by atoms with Crippen LogP contribution in [-0.2, 0) is 6.18 Å². The van der Waals surface area contributed by atoms with E-state index in [1.165, 1.54) is 4.90 Å². The van der Waals surface area contributed by atoms with E-state index in [1.54, 1.807) is 6.07 Å². The lowest BCUT2D eigenvalue weighted by molar-refractivity contribution is -0.137. The van der Waals surface area contributed by atoms with Crippen molar-refractivity contribution in [3.8, 4) is 6.07 Å². The normalized spacial score (nSPS) is 19.7. The molecule has 1 saturated carbocycles. The van der Waals surface area contributed by atoms with Crippen molar-refractivity contribution >= 4 is 33.5 Å². The van der Waals surface area contributed by atoms with E-state index in [1.807, 2.05) is 0 Å². The summed E-state index contributed by atoms with van der Waals surface area (Å²) in [4.78, 5) is 9.89. The summed E-state index contributed by atoms with van der Waals surface area (Å²) in [6.45, 7) is 0. The third-order valence-electron chi connectivity index (χ3n) is 4.61. The Kier molecular flexibility index (Phi) is 4.60. The molecule has 0 atom stereocenters. The van der Waals surface area contributed by atoms with Crippen LogP contribution < -0.4 is 16.4 Å². The molecule has 0 amide bonds. The predicted molar refractivity (Wildman–Crippen MR) is 95.4 cm³/mol. The number of aliphatic imine (C=N–C) groups is 2. The number of rotatable bonds is 1. The highest BCUT2D eigenvalue weighted by atomic mass is 79.9. The Morgan fingerprint density at radius 3 is 2.42 bits per heavy atom. The first kappa shape index (κ1) is 18.5. The number of hydrogen-bond acceptors (Lipinski definition) is 6. The molecule has 4 N–H and O–H groups in total. The van der Waals surface area contributed by atoms with Crippen molar-refractivity contribution in [2.75, 3.05) is 4.90 Å². The first-order valence-corrected chi connectivity index (χ1v) is 8.78. The van der Waals surface area contributed by atoms with Gasteiger partial charge in [-0.25, -0.2) is 4.99 Å². The summed E-state index contributed by atoms with van der Waals surface area (Å²) in [5.74, 6) is -0.000561. The highest BCUT2D eigenvalue weighted by molar-refractivity contribution is 9.10. The molecule has 1 aliphatic carbocycles. The Morgan fingerprint density at radius 1 is 1.19 bits per heavy atom. The monoisotopic (exact) mass is 428 g/mol. The zero-order valence-electron chi connectivity index (χ0n) is 13.6. The molecule has 138 valence electrons. The van der Waals surface area contributed by atoms with Gasteiger partial charge in [0.25, 0.3) is 0 Å². The molecule has 0 radical (unpaired) electrons. The van der Waals surface area contributed by atoms with Crippen molar-refractivity contribution in [1.82, 2.24) is 0 Å². The molecule has 0 saturated heterocycles. The molecule has 0 unspecified atom stereocenters. The number of guanidine groups is 2. The van der Waals surface area contributed by atoms with Gasteiger partial charge in [-0.2, -0.15) is 23.4 Å². The number of hydrogen-bond donors (Lipinski definition) is 2. The van der Waals surface area contributed by atoms with Gasteiger partial charge < -0.3 is 11.5 Å². The lowest BCUT2D eigenvalue weighted by atomic mass is 9.87. The van der Waals surface area contributed by atoms with E-state index in [2.05, 4.69) is 25.9 Å². The first-order valence-electron chi connectivity index (χ1n) is 7.98.